The Morgan fingerprint density at radius 3 is 2.81 bits per heavy atom. The van der Waals surface area contributed by atoms with Crippen LogP contribution in [0.3, 0.4) is 0 Å². The van der Waals surface area contributed by atoms with Crippen LogP contribution < -0.4 is 4.74 Å². The standard InChI is InChI=1S/C17H21NO3/c1-4-21-17(19)16-12(2)14(11-18-16)9-8-13-6-5-7-15(10-13)20-3/h5-7,10-11,18H,4,8-9H2,1-3H3. The molecule has 0 aliphatic rings. The Labute approximate surface area is 125 Å². The van der Waals surface area contributed by atoms with E-state index in [4.69, 9.17) is 9.47 Å². The number of carbonyl (C=O) groups excluding carboxylic acids is 1. The van der Waals surface area contributed by atoms with Gasteiger partial charge in [0.1, 0.15) is 11.4 Å². The van der Waals surface area contributed by atoms with Gasteiger partial charge in [-0.1, -0.05) is 12.1 Å². The van der Waals surface area contributed by atoms with Gasteiger partial charge >= 0.3 is 5.97 Å². The second-order valence-corrected chi connectivity index (χ2v) is 4.89. The monoisotopic (exact) mass is 287 g/mol. The summed E-state index contributed by atoms with van der Waals surface area (Å²) >= 11 is 0. The van der Waals surface area contributed by atoms with Crippen molar-refractivity contribution in [2.75, 3.05) is 13.7 Å². The molecule has 4 nitrogen and oxygen atoms in total. The van der Waals surface area contributed by atoms with Crippen LogP contribution in [0.5, 0.6) is 5.75 Å². The first kappa shape index (κ1) is 15.2. The van der Waals surface area contributed by atoms with Gasteiger partial charge in [-0.3, -0.25) is 0 Å². The van der Waals surface area contributed by atoms with E-state index in [-0.39, 0.29) is 5.97 Å². The van der Waals surface area contributed by atoms with E-state index in [0.29, 0.717) is 12.3 Å². The summed E-state index contributed by atoms with van der Waals surface area (Å²) in [6.45, 7) is 4.14. The van der Waals surface area contributed by atoms with Crippen LogP contribution in [0.2, 0.25) is 0 Å². The number of nitrogens with one attached hydrogen (secondary N) is 1. The van der Waals surface area contributed by atoms with E-state index < -0.39 is 0 Å². The van der Waals surface area contributed by atoms with Crippen molar-refractivity contribution in [3.05, 3.63) is 52.8 Å². The maximum absolute atomic E-state index is 11.8. The second kappa shape index (κ2) is 6.97. The fraction of sp³-hybridized carbons (Fsp3) is 0.353. The summed E-state index contributed by atoms with van der Waals surface area (Å²) in [6, 6.07) is 8.04. The topological polar surface area (TPSA) is 51.3 Å². The predicted molar refractivity (Wildman–Crippen MR) is 81.9 cm³/mol. The van der Waals surface area contributed by atoms with Crippen LogP contribution in [0.15, 0.2) is 30.5 Å². The molecule has 1 aromatic carbocycles. The Bertz CT molecular complexity index is 616. The zero-order valence-electron chi connectivity index (χ0n) is 12.7. The highest BCUT2D eigenvalue weighted by molar-refractivity contribution is 5.89. The molecule has 21 heavy (non-hydrogen) atoms. The van der Waals surface area contributed by atoms with E-state index in [1.807, 2.05) is 31.3 Å². The fourth-order valence-electron chi connectivity index (χ4n) is 2.32. The van der Waals surface area contributed by atoms with Gasteiger partial charge in [0.25, 0.3) is 0 Å². The molecular weight excluding hydrogens is 266 g/mol. The number of esters is 1. The summed E-state index contributed by atoms with van der Waals surface area (Å²) in [5, 5.41) is 0. The first-order valence-electron chi connectivity index (χ1n) is 7.12. The van der Waals surface area contributed by atoms with Crippen LogP contribution in [-0.4, -0.2) is 24.7 Å². The molecule has 1 heterocycles. The highest BCUT2D eigenvalue weighted by atomic mass is 16.5. The van der Waals surface area contributed by atoms with Gasteiger partial charge in [-0.15, -0.1) is 0 Å². The lowest BCUT2D eigenvalue weighted by atomic mass is 10.0. The average molecular weight is 287 g/mol. The van der Waals surface area contributed by atoms with Gasteiger partial charge in [-0.05, 0) is 55.5 Å². The molecule has 0 bridgehead atoms. The number of aromatic nitrogens is 1. The van der Waals surface area contributed by atoms with Crippen LogP contribution in [0, 0.1) is 6.92 Å². The van der Waals surface area contributed by atoms with E-state index in [1.54, 1.807) is 14.0 Å². The number of aryl methyl sites for hydroxylation is 2. The highest BCUT2D eigenvalue weighted by Gasteiger charge is 2.14. The van der Waals surface area contributed by atoms with Crippen molar-refractivity contribution in [2.24, 2.45) is 0 Å². The van der Waals surface area contributed by atoms with Crippen molar-refractivity contribution >= 4 is 5.97 Å². The van der Waals surface area contributed by atoms with Crippen LogP contribution >= 0.6 is 0 Å². The molecule has 0 aliphatic heterocycles. The third-order valence-electron chi connectivity index (χ3n) is 3.54. The zero-order valence-corrected chi connectivity index (χ0v) is 12.7. The third kappa shape index (κ3) is 3.66. The smallest absolute Gasteiger partial charge is 0.355 e. The van der Waals surface area contributed by atoms with Crippen molar-refractivity contribution in [3.8, 4) is 5.75 Å². The van der Waals surface area contributed by atoms with Gasteiger partial charge in [0, 0.05) is 6.20 Å². The van der Waals surface area contributed by atoms with Crippen LogP contribution in [0.1, 0.15) is 34.1 Å². The minimum atomic E-state index is -0.289. The van der Waals surface area contributed by atoms with Crippen molar-refractivity contribution in [1.82, 2.24) is 4.98 Å². The van der Waals surface area contributed by atoms with Gasteiger partial charge in [0.05, 0.1) is 13.7 Å². The normalized spacial score (nSPS) is 10.4. The third-order valence-corrected chi connectivity index (χ3v) is 3.54. The van der Waals surface area contributed by atoms with E-state index in [1.165, 1.54) is 5.56 Å². The number of aromatic amines is 1. The lowest BCUT2D eigenvalue weighted by molar-refractivity contribution is 0.0519. The van der Waals surface area contributed by atoms with E-state index in [9.17, 15) is 4.79 Å². The molecule has 112 valence electrons. The van der Waals surface area contributed by atoms with Gasteiger partial charge in [0.15, 0.2) is 0 Å². The zero-order chi connectivity index (χ0) is 15.2. The predicted octanol–water partition coefficient (Wildman–Crippen LogP) is 3.29. The summed E-state index contributed by atoms with van der Waals surface area (Å²) in [4.78, 5) is 14.8. The maximum Gasteiger partial charge on any atom is 0.355 e. The van der Waals surface area contributed by atoms with Gasteiger partial charge in [-0.25, -0.2) is 4.79 Å². The SMILES string of the molecule is CCOC(=O)c1[nH]cc(CCc2cccc(OC)c2)c1C. The maximum atomic E-state index is 11.8. The molecule has 0 radical (unpaired) electrons. The number of rotatable bonds is 6. The van der Waals surface area contributed by atoms with Crippen molar-refractivity contribution < 1.29 is 14.3 Å². The Balaban J connectivity index is 2.05. The number of hydrogen-bond donors (Lipinski definition) is 1. The largest absolute Gasteiger partial charge is 0.497 e. The van der Waals surface area contributed by atoms with Crippen molar-refractivity contribution in [2.45, 2.75) is 26.7 Å². The molecule has 1 N–H and O–H groups in total. The second-order valence-electron chi connectivity index (χ2n) is 4.89. The summed E-state index contributed by atoms with van der Waals surface area (Å²) in [6.07, 6.45) is 3.66. The number of carbonyl (C=O) groups is 1. The summed E-state index contributed by atoms with van der Waals surface area (Å²) < 4.78 is 10.3. The van der Waals surface area contributed by atoms with E-state index >= 15 is 0 Å². The number of H-pyrrole nitrogens is 1. The number of hydrogen-bond acceptors (Lipinski definition) is 3. The molecule has 0 atom stereocenters. The minimum absolute atomic E-state index is 0.289. The fourth-order valence-corrected chi connectivity index (χ4v) is 2.32. The lowest BCUT2D eigenvalue weighted by Gasteiger charge is -2.05. The molecule has 0 amide bonds. The minimum Gasteiger partial charge on any atom is -0.497 e. The van der Waals surface area contributed by atoms with Crippen LogP contribution in [0.4, 0.5) is 0 Å². The lowest BCUT2D eigenvalue weighted by Crippen LogP contribution is -2.06. The quantitative estimate of drug-likeness (QED) is 0.829. The Kier molecular flexibility index (Phi) is 5.04. The first-order chi connectivity index (χ1) is 10.2. The summed E-state index contributed by atoms with van der Waals surface area (Å²) in [5.41, 5.74) is 3.88. The first-order valence-corrected chi connectivity index (χ1v) is 7.12. The van der Waals surface area contributed by atoms with E-state index in [0.717, 1.165) is 29.7 Å². The van der Waals surface area contributed by atoms with Crippen molar-refractivity contribution in [1.29, 1.82) is 0 Å². The van der Waals surface area contributed by atoms with Gasteiger partial charge in [-0.2, -0.15) is 0 Å². The van der Waals surface area contributed by atoms with Crippen LogP contribution in [0.25, 0.3) is 0 Å². The van der Waals surface area contributed by atoms with E-state index in [2.05, 4.69) is 11.1 Å². The molecular formula is C17H21NO3. The molecule has 1 aromatic heterocycles. The Morgan fingerprint density at radius 1 is 1.29 bits per heavy atom. The molecule has 0 unspecified atom stereocenters. The van der Waals surface area contributed by atoms with Crippen LogP contribution in [-0.2, 0) is 17.6 Å². The number of ether oxygens (including phenoxy) is 2. The molecule has 0 spiro atoms. The number of methoxy groups -OCH3 is 1. The summed E-state index contributed by atoms with van der Waals surface area (Å²) in [7, 11) is 1.67. The van der Waals surface area contributed by atoms with Gasteiger partial charge in [0.2, 0.25) is 0 Å². The van der Waals surface area contributed by atoms with Crippen molar-refractivity contribution in [3.63, 3.8) is 0 Å². The molecule has 0 fully saturated rings. The molecule has 2 aromatic rings. The Hall–Kier alpha value is -2.23. The summed E-state index contributed by atoms with van der Waals surface area (Å²) in [5.74, 6) is 0.577. The average Bonchev–Trinajstić information content (AvgIpc) is 2.87. The number of benzene rings is 1. The molecule has 0 aliphatic carbocycles. The molecule has 4 heteroatoms. The molecule has 2 rings (SSSR count). The molecule has 0 saturated heterocycles. The molecule has 0 saturated carbocycles. The van der Waals surface area contributed by atoms with Gasteiger partial charge < -0.3 is 14.5 Å². The Morgan fingerprint density at radius 2 is 2.10 bits per heavy atom. The highest BCUT2D eigenvalue weighted by Crippen LogP contribution is 2.18.